The van der Waals surface area contributed by atoms with Gasteiger partial charge in [-0.2, -0.15) is 5.10 Å². The third-order valence-electron chi connectivity index (χ3n) is 6.03. The van der Waals surface area contributed by atoms with Gasteiger partial charge in [-0.15, -0.1) is 0 Å². The molecule has 3 aromatic rings. The highest BCUT2D eigenvalue weighted by Gasteiger charge is 2.28. The molecular weight excluding hydrogens is 422 g/mol. The number of carbonyl (C=O) groups excluding carboxylic acids is 2. The number of nitrogens with one attached hydrogen (secondary N) is 3. The summed E-state index contributed by atoms with van der Waals surface area (Å²) in [5.41, 5.74) is 3.65. The lowest BCUT2D eigenvalue weighted by Gasteiger charge is -2.32. The summed E-state index contributed by atoms with van der Waals surface area (Å²) in [6, 6.07) is 12.5. The Balaban J connectivity index is 1.27. The van der Waals surface area contributed by atoms with Crippen LogP contribution in [0.15, 0.2) is 48.7 Å². The van der Waals surface area contributed by atoms with Crippen LogP contribution in [0.5, 0.6) is 11.5 Å². The number of likely N-dealkylation sites (tertiary alicyclic amines) is 1. The van der Waals surface area contributed by atoms with Crippen LogP contribution in [0.4, 0.5) is 16.2 Å². The van der Waals surface area contributed by atoms with Gasteiger partial charge in [0.15, 0.2) is 11.5 Å². The minimum Gasteiger partial charge on any atom is -0.454 e. The maximum Gasteiger partial charge on any atom is 0.321 e. The van der Waals surface area contributed by atoms with Crippen LogP contribution in [-0.4, -0.2) is 46.9 Å². The van der Waals surface area contributed by atoms with E-state index in [4.69, 9.17) is 9.47 Å². The van der Waals surface area contributed by atoms with Crippen LogP contribution in [0.3, 0.4) is 0 Å². The second-order valence-corrected chi connectivity index (χ2v) is 8.25. The first-order chi connectivity index (χ1) is 16.1. The summed E-state index contributed by atoms with van der Waals surface area (Å²) in [6.45, 7) is 3.29. The molecule has 9 nitrogen and oxygen atoms in total. The van der Waals surface area contributed by atoms with Gasteiger partial charge in [-0.25, -0.2) is 4.79 Å². The summed E-state index contributed by atoms with van der Waals surface area (Å²) < 4.78 is 10.8. The molecular formula is C24H25N5O4. The maximum atomic E-state index is 13.0. The van der Waals surface area contributed by atoms with E-state index in [0.29, 0.717) is 41.5 Å². The predicted octanol–water partition coefficient (Wildman–Crippen LogP) is 4.11. The van der Waals surface area contributed by atoms with E-state index in [1.54, 1.807) is 29.3 Å². The molecule has 5 rings (SSSR count). The van der Waals surface area contributed by atoms with E-state index in [1.165, 1.54) is 0 Å². The zero-order valence-corrected chi connectivity index (χ0v) is 18.3. The molecule has 1 atom stereocenters. The second-order valence-electron chi connectivity index (χ2n) is 8.25. The molecule has 1 saturated heterocycles. The second kappa shape index (κ2) is 8.85. The van der Waals surface area contributed by atoms with E-state index in [9.17, 15) is 9.59 Å². The lowest BCUT2D eigenvalue weighted by atomic mass is 9.94. The molecule has 0 radical (unpaired) electrons. The summed E-state index contributed by atoms with van der Waals surface area (Å²) in [5.74, 6) is 1.16. The minimum absolute atomic E-state index is 0.0379. The number of urea groups is 1. The smallest absolute Gasteiger partial charge is 0.321 e. The average Bonchev–Trinajstić information content (AvgIpc) is 3.49. The number of hydrogen-bond donors (Lipinski definition) is 3. The van der Waals surface area contributed by atoms with Gasteiger partial charge in [0.05, 0.1) is 17.6 Å². The van der Waals surface area contributed by atoms with E-state index in [1.807, 2.05) is 31.2 Å². The molecule has 1 aromatic heterocycles. The van der Waals surface area contributed by atoms with Crippen LogP contribution in [0, 0.1) is 6.92 Å². The van der Waals surface area contributed by atoms with E-state index < -0.39 is 0 Å². The number of ether oxygens (including phenoxy) is 2. The molecule has 3 N–H and O–H groups in total. The number of carbonyl (C=O) groups is 2. The average molecular weight is 447 g/mol. The molecule has 3 heterocycles. The number of aromatic nitrogens is 2. The minimum atomic E-state index is -0.193. The van der Waals surface area contributed by atoms with Gasteiger partial charge < -0.3 is 25.0 Å². The molecule has 3 amide bonds. The van der Waals surface area contributed by atoms with Gasteiger partial charge >= 0.3 is 6.03 Å². The van der Waals surface area contributed by atoms with Crippen molar-refractivity contribution in [1.29, 1.82) is 0 Å². The molecule has 0 aliphatic carbocycles. The predicted molar refractivity (Wildman–Crippen MR) is 123 cm³/mol. The Hall–Kier alpha value is -4.01. The first-order valence-corrected chi connectivity index (χ1v) is 10.9. The molecule has 0 spiro atoms. The van der Waals surface area contributed by atoms with Crippen molar-refractivity contribution in [2.24, 2.45) is 0 Å². The molecule has 170 valence electrons. The van der Waals surface area contributed by atoms with Crippen LogP contribution in [0.2, 0.25) is 0 Å². The molecule has 2 aliphatic rings. The monoisotopic (exact) mass is 447 g/mol. The first kappa shape index (κ1) is 20.9. The molecule has 1 unspecified atom stereocenters. The number of nitrogens with zero attached hydrogens (tertiary/aromatic N) is 2. The van der Waals surface area contributed by atoms with E-state index in [0.717, 1.165) is 24.1 Å². The van der Waals surface area contributed by atoms with Crippen LogP contribution in [0.25, 0.3) is 0 Å². The van der Waals surface area contributed by atoms with Gasteiger partial charge in [-0.3, -0.25) is 9.89 Å². The molecule has 33 heavy (non-hydrogen) atoms. The maximum absolute atomic E-state index is 13.0. The summed E-state index contributed by atoms with van der Waals surface area (Å²) in [5, 5.41) is 13.1. The standard InChI is InChI=1S/C24H25N5O4/c1-15-10-20-21(33-14-32-20)11-18(15)27-24(31)29-9-5-8-17(13-29)22-19(12-25-28-22)26-23(30)16-6-3-2-4-7-16/h2-4,6-7,10-12,17H,5,8-9,13-14H2,1H3,(H,25,28)(H,26,30)(H,27,31). The van der Waals surface area contributed by atoms with Crippen LogP contribution < -0.4 is 20.1 Å². The van der Waals surface area contributed by atoms with Crippen LogP contribution in [0.1, 0.15) is 40.4 Å². The fraction of sp³-hybridized carbons (Fsp3) is 0.292. The molecule has 9 heteroatoms. The highest BCUT2D eigenvalue weighted by atomic mass is 16.7. The summed E-state index contributed by atoms with van der Waals surface area (Å²) >= 11 is 0. The Bertz CT molecular complexity index is 1180. The first-order valence-electron chi connectivity index (χ1n) is 10.9. The van der Waals surface area contributed by atoms with Gasteiger partial charge in [-0.1, -0.05) is 18.2 Å². The van der Waals surface area contributed by atoms with E-state index in [2.05, 4.69) is 20.8 Å². The number of aromatic amines is 1. The number of benzene rings is 2. The zero-order chi connectivity index (χ0) is 22.8. The van der Waals surface area contributed by atoms with Crippen molar-refractivity contribution < 1.29 is 19.1 Å². The lowest BCUT2D eigenvalue weighted by molar-refractivity contribution is 0.102. The Morgan fingerprint density at radius 3 is 2.70 bits per heavy atom. The van der Waals surface area contributed by atoms with Crippen molar-refractivity contribution >= 4 is 23.3 Å². The number of piperidine rings is 1. The fourth-order valence-corrected chi connectivity index (χ4v) is 4.26. The number of amides is 3. The van der Waals surface area contributed by atoms with Crippen molar-refractivity contribution in [2.75, 3.05) is 30.5 Å². The third-order valence-corrected chi connectivity index (χ3v) is 6.03. The van der Waals surface area contributed by atoms with Gasteiger partial charge in [-0.05, 0) is 43.5 Å². The number of H-pyrrole nitrogens is 1. The lowest BCUT2D eigenvalue weighted by Crippen LogP contribution is -2.42. The number of fused-ring (bicyclic) bond motifs is 1. The Morgan fingerprint density at radius 2 is 1.88 bits per heavy atom. The van der Waals surface area contributed by atoms with Crippen molar-refractivity contribution in [2.45, 2.75) is 25.7 Å². The van der Waals surface area contributed by atoms with Crippen molar-refractivity contribution in [3.8, 4) is 11.5 Å². The molecule has 0 saturated carbocycles. The van der Waals surface area contributed by atoms with Crippen LogP contribution in [-0.2, 0) is 0 Å². The number of aryl methyl sites for hydroxylation is 1. The quantitative estimate of drug-likeness (QED) is 0.558. The zero-order valence-electron chi connectivity index (χ0n) is 18.3. The molecule has 1 fully saturated rings. The Kier molecular flexibility index (Phi) is 5.60. The Morgan fingerprint density at radius 1 is 1.09 bits per heavy atom. The topological polar surface area (TPSA) is 109 Å². The summed E-state index contributed by atoms with van der Waals surface area (Å²) in [6.07, 6.45) is 3.36. The van der Waals surface area contributed by atoms with E-state index in [-0.39, 0.29) is 24.6 Å². The highest BCUT2D eigenvalue weighted by Crippen LogP contribution is 2.37. The van der Waals surface area contributed by atoms with Gasteiger partial charge in [0.25, 0.3) is 5.91 Å². The summed E-state index contributed by atoms with van der Waals surface area (Å²) in [7, 11) is 0. The SMILES string of the molecule is Cc1cc2c(cc1NC(=O)N1CCCC(c3[nH]ncc3NC(=O)c3ccccc3)C1)OCO2. The van der Waals surface area contributed by atoms with Gasteiger partial charge in [0.2, 0.25) is 6.79 Å². The number of anilines is 2. The van der Waals surface area contributed by atoms with Gasteiger partial charge in [0, 0.05) is 36.3 Å². The van der Waals surface area contributed by atoms with Gasteiger partial charge in [0.1, 0.15) is 0 Å². The molecule has 0 bridgehead atoms. The van der Waals surface area contributed by atoms with E-state index >= 15 is 0 Å². The molecule has 2 aromatic carbocycles. The Labute approximate surface area is 191 Å². The van der Waals surface area contributed by atoms with Crippen molar-refractivity contribution in [3.05, 3.63) is 65.5 Å². The third kappa shape index (κ3) is 4.34. The van der Waals surface area contributed by atoms with Crippen LogP contribution >= 0.6 is 0 Å². The fourth-order valence-electron chi connectivity index (χ4n) is 4.26. The number of hydrogen-bond acceptors (Lipinski definition) is 5. The number of rotatable bonds is 4. The highest BCUT2D eigenvalue weighted by molar-refractivity contribution is 6.04. The van der Waals surface area contributed by atoms with Crippen molar-refractivity contribution in [3.63, 3.8) is 0 Å². The normalized spacial score (nSPS) is 17.0. The largest absolute Gasteiger partial charge is 0.454 e. The van der Waals surface area contributed by atoms with Crippen molar-refractivity contribution in [1.82, 2.24) is 15.1 Å². The summed E-state index contributed by atoms with van der Waals surface area (Å²) in [4.78, 5) is 27.4. The molecule has 2 aliphatic heterocycles.